The average molecular weight is 141 g/mol. The molecule has 1 heterocycles. The van der Waals surface area contributed by atoms with Gasteiger partial charge in [0.25, 0.3) is 5.91 Å². The summed E-state index contributed by atoms with van der Waals surface area (Å²) >= 11 is 0. The lowest BCUT2D eigenvalue weighted by Gasteiger charge is -2.15. The van der Waals surface area contributed by atoms with Crippen LogP contribution in [0, 0.1) is 5.41 Å². The van der Waals surface area contributed by atoms with Crippen molar-refractivity contribution in [2.24, 2.45) is 10.4 Å². The summed E-state index contributed by atoms with van der Waals surface area (Å²) in [5, 5.41) is 0. The minimum atomic E-state index is -0.176. The van der Waals surface area contributed by atoms with Crippen LogP contribution >= 0.6 is 0 Å². The van der Waals surface area contributed by atoms with E-state index in [9.17, 15) is 4.79 Å². The molecule has 1 amide bonds. The Morgan fingerprint density at radius 3 is 2.30 bits per heavy atom. The zero-order valence-corrected chi connectivity index (χ0v) is 6.47. The number of nitrogens with zero attached hydrogens (tertiary/aromatic N) is 1. The smallest absolute Gasteiger partial charge is 0.286 e. The largest absolute Gasteiger partial charge is 0.470 e. The second-order valence-corrected chi connectivity index (χ2v) is 3.35. The van der Waals surface area contributed by atoms with Gasteiger partial charge in [0.1, 0.15) is 0 Å². The third-order valence-electron chi connectivity index (χ3n) is 1.20. The monoisotopic (exact) mass is 141 g/mol. The maximum absolute atomic E-state index is 10.6. The zero-order chi connectivity index (χ0) is 7.78. The Balaban J connectivity index is 2.76. The van der Waals surface area contributed by atoms with Gasteiger partial charge in [0.15, 0.2) is 12.5 Å². The van der Waals surface area contributed by atoms with Crippen LogP contribution in [0.1, 0.15) is 20.8 Å². The molecule has 0 atom stereocenters. The predicted octanol–water partition coefficient (Wildman–Crippen LogP) is 0.988. The van der Waals surface area contributed by atoms with Crippen LogP contribution in [0.2, 0.25) is 0 Å². The summed E-state index contributed by atoms with van der Waals surface area (Å²) in [6, 6.07) is 0. The molecular formula is C7H11NO2. The molecule has 0 aromatic rings. The van der Waals surface area contributed by atoms with Crippen molar-refractivity contribution in [1.29, 1.82) is 0 Å². The highest BCUT2D eigenvalue weighted by Crippen LogP contribution is 2.19. The second kappa shape index (κ2) is 2.08. The van der Waals surface area contributed by atoms with Gasteiger partial charge in [-0.15, -0.1) is 0 Å². The Morgan fingerprint density at radius 1 is 1.50 bits per heavy atom. The maximum atomic E-state index is 10.6. The van der Waals surface area contributed by atoms with E-state index in [1.165, 1.54) is 0 Å². The molecule has 0 unspecified atom stereocenters. The Morgan fingerprint density at radius 2 is 2.10 bits per heavy atom. The van der Waals surface area contributed by atoms with E-state index >= 15 is 0 Å². The molecule has 1 rings (SSSR count). The van der Waals surface area contributed by atoms with Crippen LogP contribution in [0.3, 0.4) is 0 Å². The number of hydrogen-bond donors (Lipinski definition) is 0. The summed E-state index contributed by atoms with van der Waals surface area (Å²) in [7, 11) is 0. The van der Waals surface area contributed by atoms with Crippen molar-refractivity contribution in [3.8, 4) is 0 Å². The Labute approximate surface area is 60.1 Å². The van der Waals surface area contributed by atoms with Gasteiger partial charge in [0.2, 0.25) is 0 Å². The quantitative estimate of drug-likeness (QED) is 0.504. The summed E-state index contributed by atoms with van der Waals surface area (Å²) in [5.41, 5.74) is -0.133. The van der Waals surface area contributed by atoms with Gasteiger partial charge in [-0.25, -0.2) is 0 Å². The van der Waals surface area contributed by atoms with Crippen molar-refractivity contribution in [3.05, 3.63) is 0 Å². The lowest BCUT2D eigenvalue weighted by molar-refractivity contribution is -0.118. The highest BCUT2D eigenvalue weighted by atomic mass is 16.5. The number of amides is 1. The normalized spacial score (nSPS) is 18.7. The number of carbonyl (C=O) groups is 1. The van der Waals surface area contributed by atoms with Crippen molar-refractivity contribution in [1.82, 2.24) is 0 Å². The molecule has 0 N–H and O–H groups in total. The first-order chi connectivity index (χ1) is 4.50. The molecule has 3 nitrogen and oxygen atoms in total. The topological polar surface area (TPSA) is 38.7 Å². The molecule has 10 heavy (non-hydrogen) atoms. The number of aliphatic imine (C=N–C) groups is 1. The molecule has 0 fully saturated rings. The molecule has 0 bridgehead atoms. The standard InChI is InChI=1S/C7H11NO2/c1-7(2,3)6-8-5(9)4-10-6/h4H2,1-3H3. The molecule has 56 valence electrons. The van der Waals surface area contributed by atoms with E-state index in [0.29, 0.717) is 5.90 Å². The second-order valence-electron chi connectivity index (χ2n) is 3.35. The summed E-state index contributed by atoms with van der Waals surface area (Å²) in [6.07, 6.45) is 0. The van der Waals surface area contributed by atoms with Crippen molar-refractivity contribution in [3.63, 3.8) is 0 Å². The van der Waals surface area contributed by atoms with Crippen molar-refractivity contribution < 1.29 is 9.53 Å². The molecule has 0 saturated heterocycles. The van der Waals surface area contributed by atoms with Crippen LogP contribution < -0.4 is 0 Å². The fourth-order valence-corrected chi connectivity index (χ4v) is 0.692. The van der Waals surface area contributed by atoms with Gasteiger partial charge >= 0.3 is 0 Å². The van der Waals surface area contributed by atoms with E-state index in [0.717, 1.165) is 0 Å². The summed E-state index contributed by atoms with van der Waals surface area (Å²) in [6.45, 7) is 6.01. The highest BCUT2D eigenvalue weighted by molar-refractivity contribution is 5.99. The number of carbonyl (C=O) groups excluding carboxylic acids is 1. The van der Waals surface area contributed by atoms with Gasteiger partial charge < -0.3 is 4.74 Å². The number of ether oxygens (including phenoxy) is 1. The minimum Gasteiger partial charge on any atom is -0.470 e. The Kier molecular flexibility index (Phi) is 1.50. The molecular weight excluding hydrogens is 130 g/mol. The third kappa shape index (κ3) is 1.35. The molecule has 0 radical (unpaired) electrons. The van der Waals surface area contributed by atoms with Gasteiger partial charge in [0.05, 0.1) is 0 Å². The lowest BCUT2D eigenvalue weighted by atomic mass is 9.97. The first-order valence-electron chi connectivity index (χ1n) is 3.25. The zero-order valence-electron chi connectivity index (χ0n) is 6.47. The highest BCUT2D eigenvalue weighted by Gasteiger charge is 2.26. The molecule has 1 aliphatic heterocycles. The maximum Gasteiger partial charge on any atom is 0.286 e. The molecule has 1 aliphatic rings. The van der Waals surface area contributed by atoms with Crippen molar-refractivity contribution >= 4 is 11.8 Å². The first-order valence-corrected chi connectivity index (χ1v) is 3.25. The number of rotatable bonds is 0. The summed E-state index contributed by atoms with van der Waals surface area (Å²) in [4.78, 5) is 14.3. The van der Waals surface area contributed by atoms with Crippen LogP contribution in [0.25, 0.3) is 0 Å². The van der Waals surface area contributed by atoms with Gasteiger partial charge in [-0.1, -0.05) is 20.8 Å². The van der Waals surface area contributed by atoms with E-state index in [-0.39, 0.29) is 17.9 Å². The van der Waals surface area contributed by atoms with Crippen LogP contribution in [0.4, 0.5) is 0 Å². The molecule has 0 saturated carbocycles. The Bertz CT molecular complexity index is 188. The molecule has 0 aromatic heterocycles. The van der Waals surface area contributed by atoms with E-state index in [2.05, 4.69) is 4.99 Å². The first kappa shape index (κ1) is 7.25. The van der Waals surface area contributed by atoms with E-state index in [1.807, 2.05) is 20.8 Å². The van der Waals surface area contributed by atoms with Crippen LogP contribution in [0.5, 0.6) is 0 Å². The van der Waals surface area contributed by atoms with Gasteiger partial charge in [-0.2, -0.15) is 4.99 Å². The van der Waals surface area contributed by atoms with Crippen LogP contribution in [0.15, 0.2) is 4.99 Å². The predicted molar refractivity (Wildman–Crippen MR) is 37.8 cm³/mol. The minimum absolute atomic E-state index is 0.118. The van der Waals surface area contributed by atoms with Gasteiger partial charge in [-0.05, 0) is 0 Å². The third-order valence-corrected chi connectivity index (χ3v) is 1.20. The van der Waals surface area contributed by atoms with Crippen molar-refractivity contribution in [2.75, 3.05) is 6.61 Å². The lowest BCUT2D eigenvalue weighted by Crippen LogP contribution is -2.20. The van der Waals surface area contributed by atoms with Gasteiger partial charge in [-0.3, -0.25) is 4.79 Å². The number of hydrogen-bond acceptors (Lipinski definition) is 2. The van der Waals surface area contributed by atoms with Crippen LogP contribution in [-0.4, -0.2) is 18.4 Å². The summed E-state index contributed by atoms with van der Waals surface area (Å²) in [5.74, 6) is 0.377. The molecule has 0 aliphatic carbocycles. The average Bonchev–Trinajstić information content (AvgIpc) is 2.11. The van der Waals surface area contributed by atoms with E-state index in [1.54, 1.807) is 0 Å². The van der Waals surface area contributed by atoms with E-state index in [4.69, 9.17) is 4.74 Å². The fourth-order valence-electron chi connectivity index (χ4n) is 0.692. The summed E-state index contributed by atoms with van der Waals surface area (Å²) < 4.78 is 5.03. The fraction of sp³-hybridized carbons (Fsp3) is 0.714. The van der Waals surface area contributed by atoms with Gasteiger partial charge in [0, 0.05) is 5.41 Å². The molecule has 3 heteroatoms. The Hall–Kier alpha value is -0.860. The SMILES string of the molecule is CC(C)(C)C1=NC(=O)CO1. The molecule has 0 aromatic carbocycles. The van der Waals surface area contributed by atoms with E-state index < -0.39 is 0 Å². The van der Waals surface area contributed by atoms with Crippen molar-refractivity contribution in [2.45, 2.75) is 20.8 Å². The van der Waals surface area contributed by atoms with Crippen LogP contribution in [-0.2, 0) is 9.53 Å². The molecule has 0 spiro atoms.